The number of halogens is 2. The number of alkyl halides is 2. The number of hydrogen-bond donors (Lipinski definition) is 1. The lowest BCUT2D eigenvalue weighted by molar-refractivity contribution is -0.158. The van der Waals surface area contributed by atoms with Crippen LogP contribution in [-0.4, -0.2) is 51.0 Å². The van der Waals surface area contributed by atoms with E-state index in [4.69, 9.17) is 0 Å². The minimum Gasteiger partial charge on any atom is -0.456 e. The largest absolute Gasteiger partial charge is 0.456 e. The number of rotatable bonds is 6. The van der Waals surface area contributed by atoms with Gasteiger partial charge < -0.3 is 10.1 Å². The molecule has 0 bridgehead atoms. The van der Waals surface area contributed by atoms with Gasteiger partial charge in [0.1, 0.15) is 6.10 Å². The SMILES string of the molecule is CCS(=O)(=O)CCNCC1CC(F)(F)C(=O)O1. The number of carbonyl (C=O) groups is 1. The zero-order valence-corrected chi connectivity index (χ0v) is 10.2. The standard InChI is InChI=1S/C9H15F2NO4S/c1-2-17(14,15)4-3-12-6-7-5-9(10,11)8(13)16-7/h7,12H,2-6H2,1H3. The van der Waals surface area contributed by atoms with Crippen molar-refractivity contribution in [2.75, 3.05) is 24.6 Å². The fourth-order valence-electron chi connectivity index (χ4n) is 1.40. The second kappa shape index (κ2) is 5.26. The van der Waals surface area contributed by atoms with Crippen LogP contribution in [-0.2, 0) is 19.4 Å². The summed E-state index contributed by atoms with van der Waals surface area (Å²) in [7, 11) is -3.07. The van der Waals surface area contributed by atoms with E-state index in [2.05, 4.69) is 10.1 Å². The molecule has 0 radical (unpaired) electrons. The molecular weight excluding hydrogens is 256 g/mol. The van der Waals surface area contributed by atoms with Gasteiger partial charge in [0.2, 0.25) is 0 Å². The van der Waals surface area contributed by atoms with E-state index in [0.29, 0.717) is 0 Å². The van der Waals surface area contributed by atoms with Crippen molar-refractivity contribution in [3.05, 3.63) is 0 Å². The van der Waals surface area contributed by atoms with Crippen LogP contribution in [0.4, 0.5) is 8.78 Å². The van der Waals surface area contributed by atoms with Crippen LogP contribution in [0.2, 0.25) is 0 Å². The Morgan fingerprint density at radius 1 is 1.53 bits per heavy atom. The van der Waals surface area contributed by atoms with Gasteiger partial charge in [0, 0.05) is 18.8 Å². The first kappa shape index (κ1) is 14.3. The maximum absolute atomic E-state index is 12.7. The molecule has 0 aromatic carbocycles. The van der Waals surface area contributed by atoms with Crippen molar-refractivity contribution in [2.45, 2.75) is 25.4 Å². The highest BCUT2D eigenvalue weighted by molar-refractivity contribution is 7.91. The van der Waals surface area contributed by atoms with E-state index in [-0.39, 0.29) is 24.6 Å². The second-order valence-electron chi connectivity index (χ2n) is 3.88. The third-order valence-electron chi connectivity index (χ3n) is 2.46. The normalized spacial score (nSPS) is 23.7. The molecule has 8 heteroatoms. The molecule has 1 heterocycles. The summed E-state index contributed by atoms with van der Waals surface area (Å²) in [5, 5.41) is 2.69. The van der Waals surface area contributed by atoms with Crippen LogP contribution in [0.5, 0.6) is 0 Å². The first-order valence-corrected chi connectivity index (χ1v) is 7.09. The summed E-state index contributed by atoms with van der Waals surface area (Å²) in [6, 6.07) is 0. The summed E-state index contributed by atoms with van der Waals surface area (Å²) in [6.07, 6.45) is -1.54. The average Bonchev–Trinajstić information content (AvgIpc) is 2.48. The number of carbonyl (C=O) groups excluding carboxylic acids is 1. The number of nitrogens with one attached hydrogen (secondary N) is 1. The molecule has 1 saturated heterocycles. The molecule has 0 aromatic rings. The van der Waals surface area contributed by atoms with Crippen molar-refractivity contribution in [3.8, 4) is 0 Å². The summed E-state index contributed by atoms with van der Waals surface area (Å²) in [4.78, 5) is 10.6. The Hall–Kier alpha value is -0.760. The molecule has 1 aliphatic heterocycles. The Labute approximate surface area is 98.4 Å². The van der Waals surface area contributed by atoms with E-state index < -0.39 is 34.3 Å². The summed E-state index contributed by atoms with van der Waals surface area (Å²) < 4.78 is 52.1. The van der Waals surface area contributed by atoms with Gasteiger partial charge in [0.05, 0.1) is 12.2 Å². The lowest BCUT2D eigenvalue weighted by Gasteiger charge is -2.09. The van der Waals surface area contributed by atoms with Gasteiger partial charge in [0.15, 0.2) is 9.84 Å². The molecule has 0 spiro atoms. The minimum atomic E-state index is -3.41. The fraction of sp³-hybridized carbons (Fsp3) is 0.889. The average molecular weight is 271 g/mol. The van der Waals surface area contributed by atoms with Gasteiger partial charge in [-0.1, -0.05) is 6.92 Å². The van der Waals surface area contributed by atoms with Crippen molar-refractivity contribution in [3.63, 3.8) is 0 Å². The number of ether oxygens (including phenoxy) is 1. The summed E-state index contributed by atoms with van der Waals surface area (Å²) in [6.45, 7) is 1.74. The number of hydrogen-bond acceptors (Lipinski definition) is 5. The first-order valence-electron chi connectivity index (χ1n) is 5.27. The van der Waals surface area contributed by atoms with Crippen LogP contribution in [0.3, 0.4) is 0 Å². The predicted octanol–water partition coefficient (Wildman–Crippen LogP) is -0.0385. The predicted molar refractivity (Wildman–Crippen MR) is 56.6 cm³/mol. The van der Waals surface area contributed by atoms with E-state index >= 15 is 0 Å². The molecule has 17 heavy (non-hydrogen) atoms. The first-order chi connectivity index (χ1) is 7.77. The summed E-state index contributed by atoms with van der Waals surface area (Å²) in [5.74, 6) is -4.93. The lowest BCUT2D eigenvalue weighted by Crippen LogP contribution is -2.31. The van der Waals surface area contributed by atoms with Gasteiger partial charge in [-0.05, 0) is 0 Å². The summed E-state index contributed by atoms with van der Waals surface area (Å²) >= 11 is 0. The Morgan fingerprint density at radius 2 is 2.18 bits per heavy atom. The quantitative estimate of drug-likeness (QED) is 0.542. The minimum absolute atomic E-state index is 0.0422. The lowest BCUT2D eigenvalue weighted by atomic mass is 10.2. The smallest absolute Gasteiger partial charge is 0.377 e. The van der Waals surface area contributed by atoms with Crippen LogP contribution in [0, 0.1) is 0 Å². The van der Waals surface area contributed by atoms with Crippen molar-refractivity contribution in [1.82, 2.24) is 5.32 Å². The topological polar surface area (TPSA) is 72.5 Å². The van der Waals surface area contributed by atoms with Gasteiger partial charge in [0.25, 0.3) is 0 Å². The fourth-order valence-corrected chi connectivity index (χ4v) is 2.14. The Morgan fingerprint density at radius 3 is 2.65 bits per heavy atom. The zero-order valence-electron chi connectivity index (χ0n) is 9.41. The zero-order chi connectivity index (χ0) is 13.1. The van der Waals surface area contributed by atoms with Gasteiger partial charge >= 0.3 is 11.9 Å². The second-order valence-corrected chi connectivity index (χ2v) is 6.35. The van der Waals surface area contributed by atoms with Crippen LogP contribution in [0.25, 0.3) is 0 Å². The molecule has 100 valence electrons. The molecule has 1 N–H and O–H groups in total. The van der Waals surface area contributed by atoms with Crippen molar-refractivity contribution in [1.29, 1.82) is 0 Å². The van der Waals surface area contributed by atoms with Crippen molar-refractivity contribution < 1.29 is 26.7 Å². The highest BCUT2D eigenvalue weighted by Gasteiger charge is 2.50. The van der Waals surface area contributed by atoms with Crippen molar-refractivity contribution >= 4 is 15.8 Å². The molecule has 1 fully saturated rings. The third kappa shape index (κ3) is 4.19. The molecule has 1 aliphatic rings. The molecule has 1 atom stereocenters. The molecule has 0 aliphatic carbocycles. The molecular formula is C9H15F2NO4S. The van der Waals surface area contributed by atoms with Gasteiger partial charge in [-0.25, -0.2) is 13.2 Å². The van der Waals surface area contributed by atoms with E-state index in [0.717, 1.165) is 0 Å². The Bertz CT molecular complexity index is 382. The van der Waals surface area contributed by atoms with Crippen molar-refractivity contribution in [2.24, 2.45) is 0 Å². The van der Waals surface area contributed by atoms with E-state index in [1.165, 1.54) is 6.92 Å². The third-order valence-corrected chi connectivity index (χ3v) is 4.16. The molecule has 5 nitrogen and oxygen atoms in total. The molecule has 1 unspecified atom stereocenters. The molecule has 0 saturated carbocycles. The highest BCUT2D eigenvalue weighted by atomic mass is 32.2. The number of sulfone groups is 1. The maximum Gasteiger partial charge on any atom is 0.377 e. The van der Waals surface area contributed by atoms with Gasteiger partial charge in [-0.3, -0.25) is 0 Å². The molecule has 0 amide bonds. The van der Waals surface area contributed by atoms with E-state index in [9.17, 15) is 22.0 Å². The molecule has 0 aromatic heterocycles. The maximum atomic E-state index is 12.7. The van der Waals surface area contributed by atoms with E-state index in [1.807, 2.05) is 0 Å². The van der Waals surface area contributed by atoms with E-state index in [1.54, 1.807) is 0 Å². The molecule has 1 rings (SSSR count). The highest BCUT2D eigenvalue weighted by Crippen LogP contribution is 2.30. The van der Waals surface area contributed by atoms with Crippen LogP contribution < -0.4 is 5.32 Å². The number of esters is 1. The Kier molecular flexibility index (Phi) is 4.42. The van der Waals surface area contributed by atoms with Crippen LogP contribution in [0.1, 0.15) is 13.3 Å². The Balaban J connectivity index is 2.24. The summed E-state index contributed by atoms with van der Waals surface area (Å²) in [5.41, 5.74) is 0. The van der Waals surface area contributed by atoms with Crippen LogP contribution in [0.15, 0.2) is 0 Å². The van der Waals surface area contributed by atoms with Gasteiger partial charge in [-0.15, -0.1) is 0 Å². The monoisotopic (exact) mass is 271 g/mol. The number of cyclic esters (lactones) is 1. The van der Waals surface area contributed by atoms with Crippen LogP contribution >= 0.6 is 0 Å². The van der Waals surface area contributed by atoms with Gasteiger partial charge in [-0.2, -0.15) is 8.78 Å².